The van der Waals surface area contributed by atoms with Crippen molar-refractivity contribution in [2.24, 2.45) is 0 Å². The van der Waals surface area contributed by atoms with Crippen molar-refractivity contribution in [2.75, 3.05) is 0 Å². The van der Waals surface area contributed by atoms with Crippen LogP contribution in [0.1, 0.15) is 21.5 Å². The average Bonchev–Trinajstić information content (AvgIpc) is 3.13. The van der Waals surface area contributed by atoms with Crippen LogP contribution in [-0.4, -0.2) is 10.9 Å². The molecular weight excluding hydrogens is 312 g/mol. The summed E-state index contributed by atoms with van der Waals surface area (Å²) in [7, 11) is 0. The molecule has 1 N–H and O–H groups in total. The third-order valence-electron chi connectivity index (χ3n) is 4.75. The number of hydrogen-bond donors (Lipinski definition) is 1. The summed E-state index contributed by atoms with van der Waals surface area (Å²) in [6, 6.07) is 18.8. The lowest BCUT2D eigenvalue weighted by molar-refractivity contribution is 0.104. The molecule has 4 aromatic rings. The molecule has 0 bridgehead atoms. The molecule has 0 spiro atoms. The number of aromatic hydroxyl groups is 1. The molecule has 3 nitrogen and oxygen atoms in total. The largest absolute Gasteiger partial charge is 0.508 e. The molecule has 120 valence electrons. The van der Waals surface area contributed by atoms with Gasteiger partial charge in [0, 0.05) is 28.3 Å². The Balaban J connectivity index is 1.61. The van der Waals surface area contributed by atoms with Gasteiger partial charge in [-0.05, 0) is 53.6 Å². The van der Waals surface area contributed by atoms with Crippen molar-refractivity contribution in [2.45, 2.75) is 6.42 Å². The van der Waals surface area contributed by atoms with E-state index in [1.54, 1.807) is 18.2 Å². The number of fused-ring (bicyclic) bond motifs is 4. The number of carbonyl (C=O) groups excluding carboxylic acids is 1. The predicted octanol–water partition coefficient (Wildman–Crippen LogP) is 5.11. The van der Waals surface area contributed by atoms with E-state index in [1.807, 2.05) is 42.5 Å². The molecular formula is C22H14O3. The minimum absolute atomic E-state index is 0.0344. The van der Waals surface area contributed by atoms with Crippen LogP contribution >= 0.6 is 0 Å². The van der Waals surface area contributed by atoms with Crippen molar-refractivity contribution in [3.8, 4) is 5.75 Å². The van der Waals surface area contributed by atoms with Gasteiger partial charge in [0.25, 0.3) is 0 Å². The number of carbonyl (C=O) groups is 1. The number of furan rings is 1. The maximum atomic E-state index is 12.6. The lowest BCUT2D eigenvalue weighted by Crippen LogP contribution is -1.94. The zero-order chi connectivity index (χ0) is 17.0. The number of para-hydroxylation sites is 1. The molecule has 0 radical (unpaired) electrons. The van der Waals surface area contributed by atoms with E-state index >= 15 is 0 Å². The zero-order valence-electron chi connectivity index (χ0n) is 13.3. The molecule has 1 heterocycles. The highest BCUT2D eigenvalue weighted by Crippen LogP contribution is 2.32. The minimum atomic E-state index is 0.0344. The first kappa shape index (κ1) is 14.1. The number of benzene rings is 3. The van der Waals surface area contributed by atoms with Crippen LogP contribution in [0.25, 0.3) is 28.0 Å². The van der Waals surface area contributed by atoms with Gasteiger partial charge in [-0.15, -0.1) is 0 Å². The van der Waals surface area contributed by atoms with Gasteiger partial charge < -0.3 is 9.52 Å². The quantitative estimate of drug-likeness (QED) is 0.494. The van der Waals surface area contributed by atoms with E-state index in [2.05, 4.69) is 6.07 Å². The number of hydrogen-bond acceptors (Lipinski definition) is 3. The van der Waals surface area contributed by atoms with Gasteiger partial charge in [0.2, 0.25) is 0 Å². The van der Waals surface area contributed by atoms with E-state index in [0.717, 1.165) is 38.6 Å². The Hall–Kier alpha value is -3.33. The summed E-state index contributed by atoms with van der Waals surface area (Å²) in [4.78, 5) is 12.6. The third-order valence-corrected chi connectivity index (χ3v) is 4.75. The van der Waals surface area contributed by atoms with Crippen LogP contribution in [0.5, 0.6) is 5.75 Å². The van der Waals surface area contributed by atoms with Gasteiger partial charge in [-0.25, -0.2) is 0 Å². The Labute approximate surface area is 143 Å². The number of allylic oxidation sites excluding steroid dienone is 1. The van der Waals surface area contributed by atoms with Gasteiger partial charge in [-0.2, -0.15) is 0 Å². The molecule has 0 unspecified atom stereocenters. The zero-order valence-corrected chi connectivity index (χ0v) is 13.3. The van der Waals surface area contributed by atoms with Gasteiger partial charge in [-0.1, -0.05) is 24.3 Å². The number of phenolic OH excluding ortho intramolecular Hbond substituents is 1. The van der Waals surface area contributed by atoms with Gasteiger partial charge in [-0.3, -0.25) is 4.79 Å². The fourth-order valence-electron chi connectivity index (χ4n) is 3.56. The fraction of sp³-hybridized carbons (Fsp3) is 0.0455. The maximum Gasteiger partial charge on any atom is 0.189 e. The van der Waals surface area contributed by atoms with Crippen LogP contribution < -0.4 is 0 Å². The van der Waals surface area contributed by atoms with Crippen LogP contribution in [0.2, 0.25) is 0 Å². The maximum absolute atomic E-state index is 12.6. The van der Waals surface area contributed by atoms with Gasteiger partial charge in [0.15, 0.2) is 5.78 Å². The molecule has 0 atom stereocenters. The lowest BCUT2D eigenvalue weighted by atomic mass is 10.0. The Morgan fingerprint density at radius 2 is 1.76 bits per heavy atom. The average molecular weight is 326 g/mol. The monoisotopic (exact) mass is 326 g/mol. The molecule has 0 saturated carbocycles. The normalized spacial score (nSPS) is 15.4. The Morgan fingerprint density at radius 1 is 0.920 bits per heavy atom. The van der Waals surface area contributed by atoms with Crippen molar-refractivity contribution < 1.29 is 14.3 Å². The van der Waals surface area contributed by atoms with E-state index in [9.17, 15) is 9.90 Å². The highest BCUT2D eigenvalue weighted by atomic mass is 16.3. The lowest BCUT2D eigenvalue weighted by Gasteiger charge is -1.98. The standard InChI is InChI=1S/C22H14O3/c23-16-6-7-17-14(12-16)11-15(22(17)24)9-13-5-8-21-19(10-13)18-3-1-2-4-20(18)25-21/h1-10,12,23H,11H2/b15-9+. The number of rotatable bonds is 1. The SMILES string of the molecule is O=C1/C(=C/c2ccc3oc4ccccc4c3c2)Cc2cc(O)ccc21. The molecule has 3 aromatic carbocycles. The Morgan fingerprint density at radius 3 is 2.68 bits per heavy atom. The summed E-state index contributed by atoms with van der Waals surface area (Å²) in [5.41, 5.74) is 4.98. The highest BCUT2D eigenvalue weighted by Gasteiger charge is 2.24. The van der Waals surface area contributed by atoms with Crippen LogP contribution in [0, 0.1) is 0 Å². The molecule has 5 rings (SSSR count). The van der Waals surface area contributed by atoms with Crippen LogP contribution in [0.3, 0.4) is 0 Å². The predicted molar refractivity (Wildman–Crippen MR) is 97.8 cm³/mol. The fourth-order valence-corrected chi connectivity index (χ4v) is 3.56. The number of ketones is 1. The summed E-state index contributed by atoms with van der Waals surface area (Å²) in [5.74, 6) is 0.228. The number of Topliss-reactive ketones (excluding diaryl/α,β-unsaturated/α-hetero) is 1. The summed E-state index contributed by atoms with van der Waals surface area (Å²) in [5, 5.41) is 11.7. The smallest absolute Gasteiger partial charge is 0.189 e. The molecule has 25 heavy (non-hydrogen) atoms. The minimum Gasteiger partial charge on any atom is -0.508 e. The van der Waals surface area contributed by atoms with Crippen molar-refractivity contribution >= 4 is 33.8 Å². The van der Waals surface area contributed by atoms with Gasteiger partial charge >= 0.3 is 0 Å². The van der Waals surface area contributed by atoms with Crippen molar-refractivity contribution in [1.82, 2.24) is 0 Å². The molecule has 0 fully saturated rings. The van der Waals surface area contributed by atoms with E-state index in [0.29, 0.717) is 12.0 Å². The van der Waals surface area contributed by atoms with Crippen LogP contribution in [-0.2, 0) is 6.42 Å². The van der Waals surface area contributed by atoms with Crippen molar-refractivity contribution in [3.63, 3.8) is 0 Å². The molecule has 1 aliphatic carbocycles. The van der Waals surface area contributed by atoms with Crippen molar-refractivity contribution in [3.05, 3.63) is 82.9 Å². The second-order valence-corrected chi connectivity index (χ2v) is 6.37. The first-order valence-electron chi connectivity index (χ1n) is 8.17. The first-order valence-corrected chi connectivity index (χ1v) is 8.17. The Kier molecular flexibility index (Phi) is 2.86. The van der Waals surface area contributed by atoms with Crippen LogP contribution in [0.15, 0.2) is 70.7 Å². The van der Waals surface area contributed by atoms with Gasteiger partial charge in [0.1, 0.15) is 16.9 Å². The Bertz CT molecular complexity index is 1190. The summed E-state index contributed by atoms with van der Waals surface area (Å²) in [6.45, 7) is 0. The second-order valence-electron chi connectivity index (χ2n) is 6.37. The second kappa shape index (κ2) is 5.08. The first-order chi connectivity index (χ1) is 12.2. The molecule has 0 aliphatic heterocycles. The van der Waals surface area contributed by atoms with Gasteiger partial charge in [0.05, 0.1) is 0 Å². The van der Waals surface area contributed by atoms with E-state index < -0.39 is 0 Å². The third kappa shape index (κ3) is 2.17. The number of phenols is 1. The van der Waals surface area contributed by atoms with E-state index in [1.165, 1.54) is 0 Å². The van der Waals surface area contributed by atoms with Crippen molar-refractivity contribution in [1.29, 1.82) is 0 Å². The van der Waals surface area contributed by atoms with Crippen LogP contribution in [0.4, 0.5) is 0 Å². The molecule has 1 aromatic heterocycles. The molecule has 0 amide bonds. The summed E-state index contributed by atoms with van der Waals surface area (Å²) >= 11 is 0. The summed E-state index contributed by atoms with van der Waals surface area (Å²) in [6.07, 6.45) is 2.48. The summed E-state index contributed by atoms with van der Waals surface area (Å²) < 4.78 is 5.85. The molecule has 3 heteroatoms. The molecule has 0 saturated heterocycles. The topological polar surface area (TPSA) is 50.4 Å². The molecule has 1 aliphatic rings. The van der Waals surface area contributed by atoms with E-state index in [-0.39, 0.29) is 11.5 Å². The highest BCUT2D eigenvalue weighted by molar-refractivity contribution is 6.16. The van der Waals surface area contributed by atoms with E-state index in [4.69, 9.17) is 4.42 Å².